The maximum Gasteiger partial charge on any atom is 0.242 e. The summed E-state index contributed by atoms with van der Waals surface area (Å²) in [6, 6.07) is 10.3. The highest BCUT2D eigenvalue weighted by atomic mass is 32.2. The van der Waals surface area contributed by atoms with Gasteiger partial charge in [-0.1, -0.05) is 12.1 Å². The highest BCUT2D eigenvalue weighted by Gasteiger charge is 2.13. The van der Waals surface area contributed by atoms with Gasteiger partial charge in [-0.3, -0.25) is 9.98 Å². The number of aliphatic hydroxyl groups is 1. The zero-order valence-corrected chi connectivity index (χ0v) is 18.9. The number of aromatic nitrogens is 1. The van der Waals surface area contributed by atoms with Gasteiger partial charge in [0, 0.05) is 32.0 Å². The van der Waals surface area contributed by atoms with E-state index in [9.17, 15) is 13.5 Å². The predicted octanol–water partition coefficient (Wildman–Crippen LogP) is 1.44. The van der Waals surface area contributed by atoms with E-state index < -0.39 is 16.1 Å². The first kappa shape index (κ1) is 24.6. The van der Waals surface area contributed by atoms with E-state index >= 15 is 0 Å². The van der Waals surface area contributed by atoms with Crippen LogP contribution in [0.1, 0.15) is 32.4 Å². The quantitative estimate of drug-likeness (QED) is 0.232. The van der Waals surface area contributed by atoms with E-state index in [-0.39, 0.29) is 24.1 Å². The number of aliphatic hydroxyl groups excluding tert-OH is 1. The minimum absolute atomic E-state index is 0.0861. The molecule has 0 bridgehead atoms. The van der Waals surface area contributed by atoms with Gasteiger partial charge < -0.3 is 20.5 Å². The van der Waals surface area contributed by atoms with Crippen LogP contribution < -0.4 is 20.1 Å². The number of aliphatic imine (C=N–C) groups is 1. The summed E-state index contributed by atoms with van der Waals surface area (Å²) in [6.07, 6.45) is 2.13. The van der Waals surface area contributed by atoms with Gasteiger partial charge in [0.1, 0.15) is 10.6 Å². The minimum atomic E-state index is -3.61. The molecule has 1 aromatic heterocycles. The largest absolute Gasteiger partial charge is 0.491 e. The molecular formula is C21H31N5O4S. The molecule has 0 spiro atoms. The van der Waals surface area contributed by atoms with Gasteiger partial charge in [-0.2, -0.15) is 0 Å². The standard InChI is InChI=1S/C21H31N5O4S/c1-4-23-21(24-12-13-26-31(28,29)19-6-5-11-22-14-19)25-15-20(27)17-7-9-18(10-8-17)30-16(2)3/h5-11,14,16,20,26-27H,4,12-13,15H2,1-3H3,(H2,23,24,25). The molecule has 0 fully saturated rings. The molecule has 4 N–H and O–H groups in total. The molecule has 1 unspecified atom stereocenters. The van der Waals surface area contributed by atoms with Crippen molar-refractivity contribution < 1.29 is 18.3 Å². The van der Waals surface area contributed by atoms with Gasteiger partial charge in [-0.25, -0.2) is 13.1 Å². The molecule has 0 radical (unpaired) electrons. The third-order valence-electron chi connectivity index (χ3n) is 4.06. The van der Waals surface area contributed by atoms with Gasteiger partial charge in [0.25, 0.3) is 0 Å². The summed E-state index contributed by atoms with van der Waals surface area (Å²) in [5.74, 6) is 1.24. The number of hydrogen-bond donors (Lipinski definition) is 4. The first-order valence-corrected chi connectivity index (χ1v) is 11.7. The predicted molar refractivity (Wildman–Crippen MR) is 121 cm³/mol. The summed E-state index contributed by atoms with van der Waals surface area (Å²) in [4.78, 5) is 8.31. The van der Waals surface area contributed by atoms with Crippen LogP contribution in [0.3, 0.4) is 0 Å². The molecule has 2 aromatic rings. The van der Waals surface area contributed by atoms with E-state index in [1.807, 2.05) is 45.0 Å². The number of nitrogens with one attached hydrogen (secondary N) is 3. The van der Waals surface area contributed by atoms with Crippen molar-refractivity contribution in [1.29, 1.82) is 0 Å². The minimum Gasteiger partial charge on any atom is -0.491 e. The number of benzene rings is 1. The molecule has 1 atom stereocenters. The summed E-state index contributed by atoms with van der Waals surface area (Å²) in [6.45, 7) is 7.11. The highest BCUT2D eigenvalue weighted by Crippen LogP contribution is 2.19. The lowest BCUT2D eigenvalue weighted by Gasteiger charge is -2.14. The van der Waals surface area contributed by atoms with Crippen molar-refractivity contribution in [3.05, 3.63) is 54.4 Å². The fourth-order valence-electron chi connectivity index (χ4n) is 2.62. The molecule has 1 aromatic carbocycles. The Hall–Kier alpha value is -2.69. The molecule has 0 aliphatic rings. The first-order chi connectivity index (χ1) is 14.8. The number of ether oxygens (including phenoxy) is 1. The van der Waals surface area contributed by atoms with Crippen LogP contribution in [0.25, 0.3) is 0 Å². The van der Waals surface area contributed by atoms with E-state index in [0.717, 1.165) is 11.3 Å². The van der Waals surface area contributed by atoms with E-state index in [4.69, 9.17) is 4.74 Å². The summed E-state index contributed by atoms with van der Waals surface area (Å²) >= 11 is 0. The topological polar surface area (TPSA) is 125 Å². The number of sulfonamides is 1. The van der Waals surface area contributed by atoms with Crippen LogP contribution in [-0.2, 0) is 10.0 Å². The Kier molecular flexibility index (Phi) is 9.70. The number of pyridine rings is 1. The van der Waals surface area contributed by atoms with Gasteiger partial charge in [0.15, 0.2) is 5.96 Å². The Balaban J connectivity index is 1.85. The molecule has 0 saturated carbocycles. The van der Waals surface area contributed by atoms with Gasteiger partial charge in [-0.05, 0) is 50.6 Å². The number of rotatable bonds is 11. The maximum atomic E-state index is 12.2. The van der Waals surface area contributed by atoms with Crippen LogP contribution >= 0.6 is 0 Å². The monoisotopic (exact) mass is 449 g/mol. The van der Waals surface area contributed by atoms with Crippen LogP contribution in [0.15, 0.2) is 58.7 Å². The number of guanidine groups is 1. The van der Waals surface area contributed by atoms with Crippen LogP contribution in [-0.4, -0.2) is 56.8 Å². The normalized spacial score (nSPS) is 13.1. The molecule has 0 amide bonds. The zero-order chi connectivity index (χ0) is 22.7. The molecule has 2 rings (SSSR count). The van der Waals surface area contributed by atoms with E-state index in [0.29, 0.717) is 19.0 Å². The second-order valence-electron chi connectivity index (χ2n) is 6.98. The lowest BCUT2D eigenvalue weighted by Crippen LogP contribution is -2.41. The third kappa shape index (κ3) is 8.52. The van der Waals surface area contributed by atoms with E-state index in [2.05, 4.69) is 25.3 Å². The van der Waals surface area contributed by atoms with E-state index in [1.54, 1.807) is 6.07 Å². The van der Waals surface area contributed by atoms with Crippen molar-refractivity contribution >= 4 is 16.0 Å². The second-order valence-corrected chi connectivity index (χ2v) is 8.75. The first-order valence-electron chi connectivity index (χ1n) is 10.2. The molecule has 10 heteroatoms. The Labute approximate surface area is 184 Å². The van der Waals surface area contributed by atoms with Gasteiger partial charge in [0.05, 0.1) is 18.8 Å². The summed E-state index contributed by atoms with van der Waals surface area (Å²) < 4.78 is 32.5. The Bertz CT molecular complexity index is 919. The van der Waals surface area contributed by atoms with Crippen LogP contribution in [0.4, 0.5) is 0 Å². The van der Waals surface area contributed by atoms with Gasteiger partial charge in [0.2, 0.25) is 10.0 Å². The third-order valence-corrected chi connectivity index (χ3v) is 5.50. The SMILES string of the molecule is CCNC(=NCC(O)c1ccc(OC(C)C)cc1)NCCNS(=O)(=O)c1cccnc1. The summed E-state index contributed by atoms with van der Waals surface area (Å²) in [7, 11) is -3.61. The number of nitrogens with zero attached hydrogens (tertiary/aromatic N) is 2. The van der Waals surface area contributed by atoms with Crippen molar-refractivity contribution in [1.82, 2.24) is 20.3 Å². The second kappa shape index (κ2) is 12.2. The Morgan fingerprint density at radius 2 is 1.90 bits per heavy atom. The lowest BCUT2D eigenvalue weighted by atomic mass is 10.1. The summed E-state index contributed by atoms with van der Waals surface area (Å²) in [5.41, 5.74) is 0.736. The fourth-order valence-corrected chi connectivity index (χ4v) is 3.62. The van der Waals surface area contributed by atoms with Gasteiger partial charge in [-0.15, -0.1) is 0 Å². The average molecular weight is 450 g/mol. The lowest BCUT2D eigenvalue weighted by molar-refractivity contribution is 0.186. The maximum absolute atomic E-state index is 12.2. The van der Waals surface area contributed by atoms with Crippen molar-refractivity contribution in [2.45, 2.75) is 37.9 Å². The van der Waals surface area contributed by atoms with Crippen molar-refractivity contribution in [2.24, 2.45) is 4.99 Å². The number of hydrogen-bond acceptors (Lipinski definition) is 6. The smallest absolute Gasteiger partial charge is 0.242 e. The zero-order valence-electron chi connectivity index (χ0n) is 18.1. The van der Waals surface area contributed by atoms with Crippen LogP contribution in [0, 0.1) is 0 Å². The Morgan fingerprint density at radius 3 is 2.52 bits per heavy atom. The molecule has 170 valence electrons. The van der Waals surface area contributed by atoms with Crippen molar-refractivity contribution in [3.63, 3.8) is 0 Å². The molecule has 0 aliphatic heterocycles. The summed E-state index contributed by atoms with van der Waals surface area (Å²) in [5, 5.41) is 16.5. The Morgan fingerprint density at radius 1 is 1.16 bits per heavy atom. The molecule has 0 saturated heterocycles. The highest BCUT2D eigenvalue weighted by molar-refractivity contribution is 7.89. The molecule has 31 heavy (non-hydrogen) atoms. The molecule has 0 aliphatic carbocycles. The fraction of sp³-hybridized carbons (Fsp3) is 0.429. The molecule has 1 heterocycles. The van der Waals surface area contributed by atoms with Crippen molar-refractivity contribution in [3.8, 4) is 5.75 Å². The van der Waals surface area contributed by atoms with Crippen molar-refractivity contribution in [2.75, 3.05) is 26.2 Å². The van der Waals surface area contributed by atoms with E-state index in [1.165, 1.54) is 18.5 Å². The molecular weight excluding hydrogens is 418 g/mol. The average Bonchev–Trinajstić information content (AvgIpc) is 2.75. The van der Waals surface area contributed by atoms with Crippen LogP contribution in [0.5, 0.6) is 5.75 Å². The van der Waals surface area contributed by atoms with Crippen LogP contribution in [0.2, 0.25) is 0 Å². The molecule has 9 nitrogen and oxygen atoms in total. The van der Waals surface area contributed by atoms with Gasteiger partial charge >= 0.3 is 0 Å².